The zero-order valence-electron chi connectivity index (χ0n) is 48.2. The van der Waals surface area contributed by atoms with Crippen molar-refractivity contribution in [3.05, 3.63) is 48.6 Å². The molecule has 0 saturated carbocycles. The largest absolute Gasteiger partial charge is 0.465 e. The highest BCUT2D eigenvalue weighted by Crippen LogP contribution is 2.17. The van der Waals surface area contributed by atoms with E-state index in [0.29, 0.717) is 19.4 Å². The number of carbonyl (C=O) groups excluding carboxylic acids is 2. The van der Waals surface area contributed by atoms with Crippen LogP contribution in [-0.2, 0) is 14.3 Å². The van der Waals surface area contributed by atoms with E-state index in [1.54, 1.807) is 6.08 Å². The molecule has 0 heterocycles. The van der Waals surface area contributed by atoms with Gasteiger partial charge in [-0.2, -0.15) is 0 Å². The molecule has 0 aliphatic carbocycles. The van der Waals surface area contributed by atoms with Crippen LogP contribution < -0.4 is 5.32 Å². The highest BCUT2D eigenvalue weighted by molar-refractivity contribution is 5.76. The van der Waals surface area contributed by atoms with Crippen LogP contribution in [0.4, 0.5) is 0 Å². The first-order valence-electron chi connectivity index (χ1n) is 31.9. The maximum atomic E-state index is 12.5. The number of aliphatic hydroxyl groups excluding tert-OH is 2. The first-order valence-corrected chi connectivity index (χ1v) is 31.9. The molecule has 0 rings (SSSR count). The van der Waals surface area contributed by atoms with E-state index in [1.165, 1.54) is 257 Å². The Morgan fingerprint density at radius 2 is 0.694 bits per heavy atom. The first-order chi connectivity index (χ1) is 35.5. The predicted octanol–water partition coefficient (Wildman–Crippen LogP) is 20.1. The third-order valence-electron chi connectivity index (χ3n) is 14.6. The molecule has 6 heteroatoms. The second-order valence-electron chi connectivity index (χ2n) is 21.7. The number of ether oxygens (including phenoxy) is 1. The Labute approximate surface area is 448 Å². The number of allylic oxidation sites excluding steroid dienone is 6. The standard InChI is InChI=1S/C66H123NO5/c1-3-5-7-9-11-13-15-17-19-26-30-34-38-42-46-50-54-58-64(69)63(62-68)67-65(70)59-55-51-47-43-39-35-31-28-24-22-21-23-25-29-33-37-41-45-49-53-57-61-72-66(71)60-56-52-48-44-40-36-32-27-20-18-16-14-12-10-8-6-4-2/h18,20,37,41,49,53-54,58,63-64,68-69H,3-17,19,21-36,38-40,42-48,50-52,55-57,59-62H2,1-2H3,(H,67,70)/b20-18-,41-37-,53-49-,58-54+. The summed E-state index contributed by atoms with van der Waals surface area (Å²) in [6.45, 7) is 4.80. The lowest BCUT2D eigenvalue weighted by Crippen LogP contribution is -2.45. The lowest BCUT2D eigenvalue weighted by atomic mass is 10.0. The van der Waals surface area contributed by atoms with E-state index in [0.717, 1.165) is 51.4 Å². The van der Waals surface area contributed by atoms with Gasteiger partial charge in [-0.05, 0) is 77.0 Å². The summed E-state index contributed by atoms with van der Waals surface area (Å²) in [5.74, 6) is -0.111. The van der Waals surface area contributed by atoms with Crippen LogP contribution in [-0.4, -0.2) is 47.4 Å². The minimum Gasteiger partial charge on any atom is -0.465 e. The van der Waals surface area contributed by atoms with Gasteiger partial charge in [-0.25, -0.2) is 0 Å². The molecular weight excluding hydrogens is 887 g/mol. The van der Waals surface area contributed by atoms with Crippen molar-refractivity contribution in [2.75, 3.05) is 13.2 Å². The van der Waals surface area contributed by atoms with E-state index < -0.39 is 12.1 Å². The molecule has 3 N–H and O–H groups in total. The van der Waals surface area contributed by atoms with Gasteiger partial charge in [-0.15, -0.1) is 0 Å². The number of hydrogen-bond acceptors (Lipinski definition) is 5. The molecule has 422 valence electrons. The number of carbonyl (C=O) groups is 2. The average Bonchev–Trinajstić information content (AvgIpc) is 3.38. The maximum Gasteiger partial charge on any atom is 0.305 e. The van der Waals surface area contributed by atoms with Crippen molar-refractivity contribution in [2.45, 2.75) is 347 Å². The number of aliphatic hydroxyl groups is 2. The molecule has 1 amide bonds. The van der Waals surface area contributed by atoms with Crippen molar-refractivity contribution >= 4 is 11.9 Å². The third kappa shape index (κ3) is 57.1. The van der Waals surface area contributed by atoms with Crippen LogP contribution in [0, 0.1) is 0 Å². The molecule has 0 aromatic rings. The summed E-state index contributed by atoms with van der Waals surface area (Å²) in [6, 6.07) is -0.633. The number of hydrogen-bond donors (Lipinski definition) is 3. The Balaban J connectivity index is 3.48. The first kappa shape index (κ1) is 69.8. The normalized spacial score (nSPS) is 12.9. The summed E-state index contributed by atoms with van der Waals surface area (Å²) >= 11 is 0. The van der Waals surface area contributed by atoms with E-state index >= 15 is 0 Å². The maximum absolute atomic E-state index is 12.5. The summed E-state index contributed by atoms with van der Waals surface area (Å²) < 4.78 is 5.43. The van der Waals surface area contributed by atoms with E-state index in [4.69, 9.17) is 4.74 Å². The van der Waals surface area contributed by atoms with Gasteiger partial charge in [0.15, 0.2) is 0 Å². The van der Waals surface area contributed by atoms with Crippen LogP contribution in [0.15, 0.2) is 48.6 Å². The zero-order valence-corrected chi connectivity index (χ0v) is 48.2. The van der Waals surface area contributed by atoms with Crippen LogP contribution >= 0.6 is 0 Å². The molecule has 72 heavy (non-hydrogen) atoms. The summed E-state index contributed by atoms with van der Waals surface area (Å²) in [5.41, 5.74) is 0. The van der Waals surface area contributed by atoms with Crippen LogP contribution in [0.3, 0.4) is 0 Å². The zero-order chi connectivity index (χ0) is 52.2. The van der Waals surface area contributed by atoms with Gasteiger partial charge in [0.05, 0.1) is 25.4 Å². The van der Waals surface area contributed by atoms with Gasteiger partial charge in [-0.1, -0.05) is 294 Å². The number of rotatable bonds is 59. The molecule has 6 nitrogen and oxygen atoms in total. The van der Waals surface area contributed by atoms with Crippen LogP contribution in [0.2, 0.25) is 0 Å². The summed E-state index contributed by atoms with van der Waals surface area (Å²) in [7, 11) is 0. The predicted molar refractivity (Wildman–Crippen MR) is 315 cm³/mol. The lowest BCUT2D eigenvalue weighted by molar-refractivity contribution is -0.143. The molecule has 0 aliphatic rings. The molecule has 0 aromatic heterocycles. The molecule has 0 fully saturated rings. The van der Waals surface area contributed by atoms with Crippen molar-refractivity contribution in [3.8, 4) is 0 Å². The second kappa shape index (κ2) is 61.4. The third-order valence-corrected chi connectivity index (χ3v) is 14.6. The van der Waals surface area contributed by atoms with Crippen LogP contribution in [0.5, 0.6) is 0 Å². The van der Waals surface area contributed by atoms with Gasteiger partial charge in [0.1, 0.15) is 0 Å². The van der Waals surface area contributed by atoms with Crippen molar-refractivity contribution in [1.29, 1.82) is 0 Å². The summed E-state index contributed by atoms with van der Waals surface area (Å²) in [4.78, 5) is 24.5. The smallest absolute Gasteiger partial charge is 0.305 e. The Hall–Kier alpha value is -2.18. The SMILES string of the molecule is CCCCCCCC/C=C\CCCCCCCCCC(=O)OCC/C=C\C/C=C\CCCCCCCCCCCCCCCCC(=O)NC(CO)C(O)/C=C/CCCCCCCCCCCCCCCCC. The Morgan fingerprint density at radius 1 is 0.389 bits per heavy atom. The number of unbranched alkanes of at least 4 members (excludes halogenated alkanes) is 42. The Kier molecular flexibility index (Phi) is 59.5. The molecule has 0 saturated heterocycles. The van der Waals surface area contributed by atoms with Crippen molar-refractivity contribution in [3.63, 3.8) is 0 Å². The molecule has 0 radical (unpaired) electrons. The van der Waals surface area contributed by atoms with E-state index in [2.05, 4.69) is 55.6 Å². The van der Waals surface area contributed by atoms with Crippen LogP contribution in [0.1, 0.15) is 335 Å². The van der Waals surface area contributed by atoms with E-state index in [-0.39, 0.29) is 18.5 Å². The summed E-state index contributed by atoms with van der Waals surface area (Å²) in [6.07, 6.45) is 78.8. The molecule has 2 atom stereocenters. The molecular formula is C66H123NO5. The summed E-state index contributed by atoms with van der Waals surface area (Å²) in [5, 5.41) is 23.2. The molecule has 0 aliphatic heterocycles. The fourth-order valence-electron chi connectivity index (χ4n) is 9.70. The minimum atomic E-state index is -0.849. The number of esters is 1. The van der Waals surface area contributed by atoms with Crippen molar-refractivity contribution in [1.82, 2.24) is 5.32 Å². The fraction of sp³-hybridized carbons (Fsp3) is 0.848. The van der Waals surface area contributed by atoms with Crippen LogP contribution in [0.25, 0.3) is 0 Å². The fourth-order valence-corrected chi connectivity index (χ4v) is 9.70. The minimum absolute atomic E-state index is 0.0392. The van der Waals surface area contributed by atoms with Gasteiger partial charge in [0, 0.05) is 12.8 Å². The Morgan fingerprint density at radius 3 is 1.07 bits per heavy atom. The number of nitrogens with one attached hydrogen (secondary N) is 1. The molecule has 0 aromatic carbocycles. The van der Waals surface area contributed by atoms with Crippen molar-refractivity contribution in [2.24, 2.45) is 0 Å². The highest BCUT2D eigenvalue weighted by atomic mass is 16.5. The Bertz CT molecular complexity index is 1210. The van der Waals surface area contributed by atoms with Gasteiger partial charge in [0.25, 0.3) is 0 Å². The van der Waals surface area contributed by atoms with Gasteiger partial charge in [-0.3, -0.25) is 9.59 Å². The lowest BCUT2D eigenvalue weighted by Gasteiger charge is -2.20. The average molecular weight is 1010 g/mol. The second-order valence-corrected chi connectivity index (χ2v) is 21.7. The molecule has 2 unspecified atom stereocenters. The molecule has 0 spiro atoms. The quantitative estimate of drug-likeness (QED) is 0.0320. The highest BCUT2D eigenvalue weighted by Gasteiger charge is 2.18. The number of amides is 1. The molecule has 0 bridgehead atoms. The van der Waals surface area contributed by atoms with E-state index in [9.17, 15) is 19.8 Å². The van der Waals surface area contributed by atoms with Gasteiger partial charge < -0.3 is 20.3 Å². The van der Waals surface area contributed by atoms with Crippen molar-refractivity contribution < 1.29 is 24.5 Å². The van der Waals surface area contributed by atoms with E-state index in [1.807, 2.05) is 6.08 Å². The van der Waals surface area contributed by atoms with Gasteiger partial charge in [0.2, 0.25) is 5.91 Å². The monoisotopic (exact) mass is 1010 g/mol. The topological polar surface area (TPSA) is 95.9 Å². The van der Waals surface area contributed by atoms with Gasteiger partial charge >= 0.3 is 5.97 Å².